The van der Waals surface area contributed by atoms with Gasteiger partial charge in [-0.05, 0) is 66.9 Å². The first-order chi connectivity index (χ1) is 14.9. The number of hydrogen-bond acceptors (Lipinski definition) is 4. The zero-order valence-corrected chi connectivity index (χ0v) is 19.2. The highest BCUT2D eigenvalue weighted by Gasteiger charge is 2.25. The Morgan fingerprint density at radius 2 is 1.68 bits per heavy atom. The Labute approximate surface area is 193 Å². The third kappa shape index (κ3) is 5.42. The number of rotatable bonds is 6. The van der Waals surface area contributed by atoms with Crippen molar-refractivity contribution in [2.45, 2.75) is 36.7 Å². The number of halogens is 2. The first-order valence-corrected chi connectivity index (χ1v) is 12.4. The molecule has 162 valence electrons. The van der Waals surface area contributed by atoms with Gasteiger partial charge in [-0.3, -0.25) is 4.90 Å². The molecule has 0 spiro atoms. The lowest BCUT2D eigenvalue weighted by atomic mass is 9.94. The molecule has 4 nitrogen and oxygen atoms in total. The molecule has 0 aromatic heterocycles. The molecule has 3 aromatic carbocycles. The minimum absolute atomic E-state index is 0.0226. The van der Waals surface area contributed by atoms with E-state index in [1.165, 1.54) is 30.2 Å². The predicted molar refractivity (Wildman–Crippen MR) is 124 cm³/mol. The third-order valence-corrected chi connectivity index (χ3v) is 7.35. The molecule has 0 radical (unpaired) electrons. The number of hydrogen-bond donors (Lipinski definition) is 0. The first kappa shape index (κ1) is 22.2. The summed E-state index contributed by atoms with van der Waals surface area (Å²) in [6.45, 7) is 1.65. The summed E-state index contributed by atoms with van der Waals surface area (Å²) in [4.78, 5) is 2.44. The SMILES string of the molecule is O=S(=O)(Oc1ccc(Cl)cc1)c1ccc(CN2CCCC[C@H]2c2ccccc2)c(Cl)c1. The molecular weight excluding hydrogens is 453 g/mol. The van der Waals surface area contributed by atoms with Gasteiger partial charge in [0, 0.05) is 22.6 Å². The Kier molecular flexibility index (Phi) is 6.87. The van der Waals surface area contributed by atoms with Gasteiger partial charge in [-0.15, -0.1) is 0 Å². The Morgan fingerprint density at radius 1 is 0.935 bits per heavy atom. The van der Waals surface area contributed by atoms with Gasteiger partial charge >= 0.3 is 10.1 Å². The molecule has 0 aliphatic carbocycles. The van der Waals surface area contributed by atoms with E-state index in [1.807, 2.05) is 6.07 Å². The van der Waals surface area contributed by atoms with Crippen LogP contribution in [0.2, 0.25) is 10.0 Å². The molecule has 0 unspecified atom stereocenters. The summed E-state index contributed by atoms with van der Waals surface area (Å²) >= 11 is 12.3. The molecule has 1 saturated heterocycles. The van der Waals surface area contributed by atoms with Crippen molar-refractivity contribution in [3.05, 3.63) is 94.0 Å². The fourth-order valence-electron chi connectivity index (χ4n) is 3.93. The zero-order chi connectivity index (χ0) is 21.8. The summed E-state index contributed by atoms with van der Waals surface area (Å²) in [5.74, 6) is 0.198. The van der Waals surface area contributed by atoms with Gasteiger partial charge in [0.1, 0.15) is 10.6 Å². The normalized spacial score (nSPS) is 17.4. The summed E-state index contributed by atoms with van der Waals surface area (Å²) < 4.78 is 30.5. The minimum atomic E-state index is -3.99. The third-order valence-electron chi connectivity index (χ3n) is 5.50. The lowest BCUT2D eigenvalue weighted by molar-refractivity contribution is 0.140. The van der Waals surface area contributed by atoms with Gasteiger partial charge in [0.05, 0.1) is 0 Å². The van der Waals surface area contributed by atoms with Crippen molar-refractivity contribution in [3.63, 3.8) is 0 Å². The standard InChI is InChI=1S/C24H23Cl2NO3S/c25-20-10-12-21(13-11-20)30-31(28,29)22-14-9-19(23(26)16-22)17-27-15-5-4-8-24(27)18-6-2-1-3-7-18/h1-3,6-7,9-14,16,24H,4-5,8,15,17H2/t24-/m0/s1. The van der Waals surface area contributed by atoms with E-state index in [1.54, 1.807) is 24.3 Å². The van der Waals surface area contributed by atoms with Crippen molar-refractivity contribution in [2.24, 2.45) is 0 Å². The largest absolute Gasteiger partial charge is 0.379 e. The predicted octanol–water partition coefficient (Wildman–Crippen LogP) is 6.49. The van der Waals surface area contributed by atoms with Crippen LogP contribution in [-0.4, -0.2) is 19.9 Å². The van der Waals surface area contributed by atoms with Crippen molar-refractivity contribution in [1.82, 2.24) is 4.90 Å². The lowest BCUT2D eigenvalue weighted by Crippen LogP contribution is -2.33. The lowest BCUT2D eigenvalue weighted by Gasteiger charge is -2.36. The van der Waals surface area contributed by atoms with Gasteiger partial charge < -0.3 is 4.18 Å². The quantitative estimate of drug-likeness (QED) is 0.382. The molecule has 1 fully saturated rings. The second-order valence-corrected chi connectivity index (χ2v) is 10.0. The first-order valence-electron chi connectivity index (χ1n) is 10.2. The average Bonchev–Trinajstić information content (AvgIpc) is 2.77. The van der Waals surface area contributed by atoms with E-state index in [2.05, 4.69) is 29.2 Å². The Morgan fingerprint density at radius 3 is 2.39 bits per heavy atom. The highest BCUT2D eigenvalue weighted by atomic mass is 35.5. The van der Waals surface area contributed by atoms with Gasteiger partial charge in [-0.25, -0.2) is 0 Å². The fourth-order valence-corrected chi connectivity index (χ4v) is 5.32. The van der Waals surface area contributed by atoms with E-state index in [9.17, 15) is 8.42 Å². The topological polar surface area (TPSA) is 46.6 Å². The van der Waals surface area contributed by atoms with E-state index >= 15 is 0 Å². The number of piperidine rings is 1. The monoisotopic (exact) mass is 475 g/mol. The summed E-state index contributed by atoms with van der Waals surface area (Å²) in [5, 5.41) is 0.918. The molecule has 3 aromatic rings. The van der Waals surface area contributed by atoms with Crippen LogP contribution in [0.3, 0.4) is 0 Å². The maximum atomic E-state index is 12.7. The minimum Gasteiger partial charge on any atom is -0.379 e. The Bertz CT molecular complexity index is 1140. The molecule has 31 heavy (non-hydrogen) atoms. The molecule has 1 aliphatic heterocycles. The maximum Gasteiger partial charge on any atom is 0.339 e. The van der Waals surface area contributed by atoms with E-state index in [0.29, 0.717) is 22.6 Å². The smallest absolute Gasteiger partial charge is 0.339 e. The molecule has 0 saturated carbocycles. The van der Waals surface area contributed by atoms with Crippen LogP contribution < -0.4 is 4.18 Å². The van der Waals surface area contributed by atoms with E-state index in [0.717, 1.165) is 24.9 Å². The van der Waals surface area contributed by atoms with Crippen LogP contribution in [0.15, 0.2) is 77.7 Å². The second kappa shape index (κ2) is 9.61. The van der Waals surface area contributed by atoms with E-state index < -0.39 is 10.1 Å². The van der Waals surface area contributed by atoms with Gasteiger partial charge in [-0.2, -0.15) is 8.42 Å². The molecule has 0 amide bonds. The molecule has 0 N–H and O–H groups in total. The van der Waals surface area contributed by atoms with Crippen LogP contribution in [-0.2, 0) is 16.7 Å². The van der Waals surface area contributed by atoms with E-state index in [-0.39, 0.29) is 10.6 Å². The van der Waals surface area contributed by atoms with Crippen molar-refractivity contribution in [1.29, 1.82) is 0 Å². The van der Waals surface area contributed by atoms with Crippen molar-refractivity contribution >= 4 is 33.3 Å². The number of benzene rings is 3. The van der Waals surface area contributed by atoms with Crippen LogP contribution in [0.25, 0.3) is 0 Å². The number of likely N-dealkylation sites (tertiary alicyclic amines) is 1. The van der Waals surface area contributed by atoms with Crippen molar-refractivity contribution in [2.75, 3.05) is 6.54 Å². The van der Waals surface area contributed by atoms with E-state index in [4.69, 9.17) is 27.4 Å². The van der Waals surface area contributed by atoms with Crippen LogP contribution >= 0.6 is 23.2 Å². The van der Waals surface area contributed by atoms with Gasteiger partial charge in [0.25, 0.3) is 0 Å². The van der Waals surface area contributed by atoms with Gasteiger partial charge in [-0.1, -0.05) is 66.0 Å². The van der Waals surface area contributed by atoms with Gasteiger partial charge in [0.2, 0.25) is 0 Å². The average molecular weight is 476 g/mol. The van der Waals surface area contributed by atoms with Crippen LogP contribution in [0.5, 0.6) is 5.75 Å². The molecule has 1 heterocycles. The highest BCUT2D eigenvalue weighted by Crippen LogP contribution is 2.33. The van der Waals surface area contributed by atoms with Crippen LogP contribution in [0, 0.1) is 0 Å². The number of nitrogens with zero attached hydrogens (tertiary/aromatic N) is 1. The molecular formula is C24H23Cl2NO3S. The fraction of sp³-hybridized carbons (Fsp3) is 0.250. The van der Waals surface area contributed by atoms with Crippen LogP contribution in [0.4, 0.5) is 0 Å². The summed E-state index contributed by atoms with van der Waals surface area (Å²) in [6.07, 6.45) is 3.44. The molecule has 7 heteroatoms. The Balaban J connectivity index is 1.52. The summed E-state index contributed by atoms with van der Waals surface area (Å²) in [5.41, 5.74) is 2.20. The molecule has 0 bridgehead atoms. The van der Waals surface area contributed by atoms with Gasteiger partial charge in [0.15, 0.2) is 0 Å². The summed E-state index contributed by atoms with van der Waals surface area (Å²) in [7, 11) is -3.99. The van der Waals surface area contributed by atoms with Crippen LogP contribution in [0.1, 0.15) is 36.4 Å². The molecule has 1 aliphatic rings. The van der Waals surface area contributed by atoms with Crippen molar-refractivity contribution < 1.29 is 12.6 Å². The second-order valence-electron chi connectivity index (χ2n) is 7.64. The Hall–Kier alpha value is -2.05. The molecule has 1 atom stereocenters. The summed E-state index contributed by atoms with van der Waals surface area (Å²) in [6, 6.07) is 21.8. The zero-order valence-electron chi connectivity index (χ0n) is 16.9. The molecule has 4 rings (SSSR count). The highest BCUT2D eigenvalue weighted by molar-refractivity contribution is 7.87. The van der Waals surface area contributed by atoms with Crippen molar-refractivity contribution in [3.8, 4) is 5.75 Å². The maximum absolute atomic E-state index is 12.7.